The number of nitro benzene ring substituents is 1. The van der Waals surface area contributed by atoms with Gasteiger partial charge >= 0.3 is 0 Å². The van der Waals surface area contributed by atoms with Crippen molar-refractivity contribution in [1.82, 2.24) is 0 Å². The van der Waals surface area contributed by atoms with Gasteiger partial charge in [-0.25, -0.2) is 8.78 Å². The van der Waals surface area contributed by atoms with Gasteiger partial charge in [0.05, 0.1) is 17.2 Å². The van der Waals surface area contributed by atoms with Gasteiger partial charge in [-0.3, -0.25) is 14.9 Å². The summed E-state index contributed by atoms with van der Waals surface area (Å²) in [5, 5.41) is 15.8. The Bertz CT molecular complexity index is 766. The lowest BCUT2D eigenvalue weighted by atomic mass is 10.2. The molecule has 0 aliphatic carbocycles. The Morgan fingerprint density at radius 1 is 1.17 bits per heavy atom. The zero-order valence-electron chi connectivity index (χ0n) is 12.1. The third-order valence-corrected chi connectivity index (χ3v) is 3.08. The second-order valence-corrected chi connectivity index (χ2v) is 4.78. The zero-order chi connectivity index (χ0) is 17.0. The SMILES string of the molecule is Cc1ccc([N+](=O)[O-])cc1NCC(=O)Nc1ccc(F)cc1F. The first-order valence-corrected chi connectivity index (χ1v) is 6.60. The lowest BCUT2D eigenvalue weighted by Gasteiger charge is -2.10. The molecule has 2 rings (SSSR count). The van der Waals surface area contributed by atoms with Crippen LogP contribution in [0, 0.1) is 28.7 Å². The highest BCUT2D eigenvalue weighted by Gasteiger charge is 2.11. The molecule has 0 atom stereocenters. The molecule has 0 heterocycles. The fourth-order valence-corrected chi connectivity index (χ4v) is 1.87. The van der Waals surface area contributed by atoms with E-state index in [2.05, 4.69) is 10.6 Å². The number of non-ortho nitro benzene ring substituents is 1. The van der Waals surface area contributed by atoms with E-state index < -0.39 is 22.5 Å². The molecule has 2 N–H and O–H groups in total. The summed E-state index contributed by atoms with van der Waals surface area (Å²) in [6.45, 7) is 1.50. The monoisotopic (exact) mass is 321 g/mol. The Morgan fingerprint density at radius 3 is 2.57 bits per heavy atom. The van der Waals surface area contributed by atoms with E-state index >= 15 is 0 Å². The summed E-state index contributed by atoms with van der Waals surface area (Å²) in [5.74, 6) is -2.20. The van der Waals surface area contributed by atoms with E-state index in [9.17, 15) is 23.7 Å². The number of rotatable bonds is 5. The number of hydrogen-bond donors (Lipinski definition) is 2. The highest BCUT2D eigenvalue weighted by atomic mass is 19.1. The van der Waals surface area contributed by atoms with E-state index in [0.717, 1.165) is 17.7 Å². The Morgan fingerprint density at radius 2 is 1.91 bits per heavy atom. The molecule has 6 nitrogen and oxygen atoms in total. The second kappa shape index (κ2) is 6.82. The van der Waals surface area contributed by atoms with Gasteiger partial charge in [0, 0.05) is 23.9 Å². The molecular weight excluding hydrogens is 308 g/mol. The molecule has 0 fully saturated rings. The molecule has 0 unspecified atom stereocenters. The Hall–Kier alpha value is -3.03. The third kappa shape index (κ3) is 4.22. The van der Waals surface area contributed by atoms with Crippen LogP contribution in [0.3, 0.4) is 0 Å². The van der Waals surface area contributed by atoms with Gasteiger partial charge in [-0.2, -0.15) is 0 Å². The number of benzene rings is 2. The average Bonchev–Trinajstić information content (AvgIpc) is 2.49. The molecule has 8 heteroatoms. The van der Waals surface area contributed by atoms with Gasteiger partial charge in [0.15, 0.2) is 0 Å². The van der Waals surface area contributed by atoms with Crippen LogP contribution in [-0.4, -0.2) is 17.4 Å². The molecular formula is C15H13F2N3O3. The minimum absolute atomic E-state index is 0.108. The van der Waals surface area contributed by atoms with Crippen LogP contribution < -0.4 is 10.6 Å². The van der Waals surface area contributed by atoms with Crippen molar-refractivity contribution in [3.63, 3.8) is 0 Å². The fraction of sp³-hybridized carbons (Fsp3) is 0.133. The summed E-state index contributed by atoms with van der Waals surface area (Å²) in [5.41, 5.74) is 0.891. The van der Waals surface area contributed by atoms with Crippen LogP contribution in [0.5, 0.6) is 0 Å². The molecule has 0 aliphatic heterocycles. The highest BCUT2D eigenvalue weighted by molar-refractivity contribution is 5.94. The minimum Gasteiger partial charge on any atom is -0.376 e. The largest absolute Gasteiger partial charge is 0.376 e. The number of halogens is 2. The van der Waals surface area contributed by atoms with Crippen molar-refractivity contribution in [1.29, 1.82) is 0 Å². The Balaban J connectivity index is 2.02. The number of nitrogens with zero attached hydrogens (tertiary/aromatic N) is 1. The van der Waals surface area contributed by atoms with Crippen molar-refractivity contribution < 1.29 is 18.5 Å². The van der Waals surface area contributed by atoms with Crippen molar-refractivity contribution in [3.05, 3.63) is 63.7 Å². The molecule has 23 heavy (non-hydrogen) atoms. The van der Waals surface area contributed by atoms with E-state index in [1.165, 1.54) is 12.1 Å². The van der Waals surface area contributed by atoms with Crippen molar-refractivity contribution in [2.45, 2.75) is 6.92 Å². The second-order valence-electron chi connectivity index (χ2n) is 4.78. The molecule has 0 spiro atoms. The van der Waals surface area contributed by atoms with Gasteiger partial charge in [0.25, 0.3) is 5.69 Å². The van der Waals surface area contributed by atoms with Crippen LogP contribution in [0.15, 0.2) is 36.4 Å². The fourth-order valence-electron chi connectivity index (χ4n) is 1.87. The predicted octanol–water partition coefficient (Wildman–Crippen LogP) is 3.23. The lowest BCUT2D eigenvalue weighted by Crippen LogP contribution is -2.22. The van der Waals surface area contributed by atoms with Gasteiger partial charge in [-0.05, 0) is 24.6 Å². The molecule has 120 valence electrons. The van der Waals surface area contributed by atoms with Crippen LogP contribution in [0.4, 0.5) is 25.8 Å². The Kier molecular flexibility index (Phi) is 4.85. The van der Waals surface area contributed by atoms with Crippen molar-refractivity contribution in [2.24, 2.45) is 0 Å². The van der Waals surface area contributed by atoms with E-state index in [-0.39, 0.29) is 17.9 Å². The van der Waals surface area contributed by atoms with Gasteiger partial charge in [0.1, 0.15) is 11.6 Å². The lowest BCUT2D eigenvalue weighted by molar-refractivity contribution is -0.384. The molecule has 0 aromatic heterocycles. The molecule has 1 amide bonds. The van der Waals surface area contributed by atoms with Crippen LogP contribution in [0.1, 0.15) is 5.56 Å². The van der Waals surface area contributed by atoms with Crippen LogP contribution in [-0.2, 0) is 4.79 Å². The number of carbonyl (C=O) groups excluding carboxylic acids is 1. The molecule has 0 saturated carbocycles. The molecule has 2 aromatic carbocycles. The quantitative estimate of drug-likeness (QED) is 0.654. The minimum atomic E-state index is -0.884. The number of hydrogen-bond acceptors (Lipinski definition) is 4. The first kappa shape index (κ1) is 16.3. The van der Waals surface area contributed by atoms with Gasteiger partial charge < -0.3 is 10.6 Å². The topological polar surface area (TPSA) is 84.3 Å². The number of nitrogens with one attached hydrogen (secondary N) is 2. The maximum atomic E-state index is 13.4. The number of anilines is 2. The predicted molar refractivity (Wildman–Crippen MR) is 81.3 cm³/mol. The zero-order valence-corrected chi connectivity index (χ0v) is 12.1. The average molecular weight is 321 g/mol. The smallest absolute Gasteiger partial charge is 0.271 e. The van der Waals surface area contributed by atoms with Crippen LogP contribution in [0.25, 0.3) is 0 Å². The van der Waals surface area contributed by atoms with E-state index in [4.69, 9.17) is 0 Å². The van der Waals surface area contributed by atoms with Crippen LogP contribution >= 0.6 is 0 Å². The maximum Gasteiger partial charge on any atom is 0.271 e. The highest BCUT2D eigenvalue weighted by Crippen LogP contribution is 2.21. The van der Waals surface area contributed by atoms with Gasteiger partial charge in [0.2, 0.25) is 5.91 Å². The Labute approximate surface area is 130 Å². The van der Waals surface area contributed by atoms with E-state index in [1.807, 2.05) is 0 Å². The molecule has 0 saturated heterocycles. The van der Waals surface area contributed by atoms with Gasteiger partial charge in [-0.15, -0.1) is 0 Å². The number of carbonyl (C=O) groups is 1. The van der Waals surface area contributed by atoms with Crippen LogP contribution in [0.2, 0.25) is 0 Å². The summed E-state index contributed by atoms with van der Waals surface area (Å²) in [6.07, 6.45) is 0. The van der Waals surface area contributed by atoms with Crippen molar-refractivity contribution in [2.75, 3.05) is 17.2 Å². The first-order chi connectivity index (χ1) is 10.9. The van der Waals surface area contributed by atoms with Gasteiger partial charge in [-0.1, -0.05) is 6.07 Å². The third-order valence-electron chi connectivity index (χ3n) is 3.08. The standard InChI is InChI=1S/C15H13F2N3O3/c1-9-2-4-11(20(22)23)7-14(9)18-8-15(21)19-13-5-3-10(16)6-12(13)17/h2-7,18H,8H2,1H3,(H,19,21). The summed E-state index contributed by atoms with van der Waals surface area (Å²) >= 11 is 0. The van der Waals surface area contributed by atoms with Crippen molar-refractivity contribution >= 4 is 23.0 Å². The van der Waals surface area contributed by atoms with Crippen molar-refractivity contribution in [3.8, 4) is 0 Å². The summed E-state index contributed by atoms with van der Waals surface area (Å²) in [7, 11) is 0. The summed E-state index contributed by atoms with van der Waals surface area (Å²) in [4.78, 5) is 22.0. The number of nitro groups is 1. The summed E-state index contributed by atoms with van der Waals surface area (Å²) < 4.78 is 26.2. The molecule has 0 aliphatic rings. The summed E-state index contributed by atoms with van der Waals surface area (Å²) in [6, 6.07) is 7.01. The number of amides is 1. The van der Waals surface area contributed by atoms with E-state index in [0.29, 0.717) is 11.8 Å². The molecule has 0 bridgehead atoms. The number of aryl methyl sites for hydroxylation is 1. The van der Waals surface area contributed by atoms with E-state index in [1.54, 1.807) is 13.0 Å². The maximum absolute atomic E-state index is 13.4. The normalized spacial score (nSPS) is 10.2. The molecule has 0 radical (unpaired) electrons. The first-order valence-electron chi connectivity index (χ1n) is 6.60. The molecule has 2 aromatic rings.